The molecule has 16 heavy (non-hydrogen) atoms. The van der Waals surface area contributed by atoms with Crippen LogP contribution in [0.2, 0.25) is 0 Å². The average Bonchev–Trinajstić information content (AvgIpc) is 2.34. The number of methoxy groups -OCH3 is 1. The van der Waals surface area contributed by atoms with Gasteiger partial charge in [0.2, 0.25) is 0 Å². The predicted octanol–water partition coefficient (Wildman–Crippen LogP) is 1.84. The molecule has 0 aliphatic heterocycles. The molecule has 0 spiro atoms. The molecule has 0 aliphatic carbocycles. The minimum atomic E-state index is 0.243. The molecule has 1 aromatic rings. The third-order valence-corrected chi connectivity index (χ3v) is 2.90. The molecule has 0 saturated carbocycles. The van der Waals surface area contributed by atoms with Crippen LogP contribution in [0.4, 0.5) is 0 Å². The summed E-state index contributed by atoms with van der Waals surface area (Å²) in [7, 11) is 1.65. The fourth-order valence-corrected chi connectivity index (χ4v) is 1.71. The number of hydrogen-bond donors (Lipinski definition) is 1. The van der Waals surface area contributed by atoms with Crippen molar-refractivity contribution in [1.82, 2.24) is 0 Å². The minimum absolute atomic E-state index is 0.243. The van der Waals surface area contributed by atoms with Crippen molar-refractivity contribution in [3.63, 3.8) is 0 Å². The van der Waals surface area contributed by atoms with Gasteiger partial charge >= 0.3 is 0 Å². The predicted molar refractivity (Wildman–Crippen MR) is 69.9 cm³/mol. The van der Waals surface area contributed by atoms with Gasteiger partial charge in [0.1, 0.15) is 5.75 Å². The lowest BCUT2D eigenvalue weighted by Gasteiger charge is -1.99. The van der Waals surface area contributed by atoms with Gasteiger partial charge in [0.05, 0.1) is 13.7 Å². The van der Waals surface area contributed by atoms with Gasteiger partial charge < -0.3 is 9.84 Å². The van der Waals surface area contributed by atoms with E-state index in [1.165, 1.54) is 0 Å². The van der Waals surface area contributed by atoms with Crippen LogP contribution >= 0.6 is 11.8 Å². The first-order valence-corrected chi connectivity index (χ1v) is 6.35. The van der Waals surface area contributed by atoms with Gasteiger partial charge in [0.25, 0.3) is 0 Å². The van der Waals surface area contributed by atoms with E-state index < -0.39 is 0 Å². The maximum Gasteiger partial charge on any atom is 0.118 e. The number of aliphatic hydroxyl groups is 1. The monoisotopic (exact) mass is 239 g/mol. The highest BCUT2D eigenvalue weighted by atomic mass is 32.2. The fraction of sp³-hybridized carbons (Fsp3) is 0.417. The summed E-state index contributed by atoms with van der Waals surface area (Å²) in [6.07, 6.45) is 1.86. The maximum atomic E-state index is 8.58. The first-order chi connectivity index (χ1) is 7.86. The standard InChI is InChI=1S/C12H17NO2S/c1-15-12-4-2-11(3-5-12)10-13-6-8-16-9-7-14/h2-5,10,14H,6-9H2,1H3. The highest BCUT2D eigenvalue weighted by molar-refractivity contribution is 7.99. The average molecular weight is 239 g/mol. The van der Waals surface area contributed by atoms with Gasteiger partial charge in [-0.3, -0.25) is 4.99 Å². The maximum absolute atomic E-state index is 8.58. The molecular weight excluding hydrogens is 222 g/mol. The molecule has 0 fully saturated rings. The number of nitrogens with zero attached hydrogens (tertiary/aromatic N) is 1. The SMILES string of the molecule is COc1ccc(C=NCCSCCO)cc1. The summed E-state index contributed by atoms with van der Waals surface area (Å²) in [6.45, 7) is 1.03. The Morgan fingerprint density at radius 2 is 2.06 bits per heavy atom. The Bertz CT molecular complexity index is 311. The van der Waals surface area contributed by atoms with Gasteiger partial charge in [-0.2, -0.15) is 11.8 Å². The number of hydrogen-bond acceptors (Lipinski definition) is 4. The van der Waals surface area contributed by atoms with Crippen molar-refractivity contribution in [2.75, 3.05) is 31.8 Å². The van der Waals surface area contributed by atoms with Crippen LogP contribution in [0, 0.1) is 0 Å². The number of aliphatic imine (C=N–C) groups is 1. The van der Waals surface area contributed by atoms with Crippen molar-refractivity contribution in [3.05, 3.63) is 29.8 Å². The van der Waals surface area contributed by atoms with Crippen LogP contribution < -0.4 is 4.74 Å². The Kier molecular flexibility index (Phi) is 6.69. The van der Waals surface area contributed by atoms with E-state index in [9.17, 15) is 0 Å². The molecule has 0 amide bonds. The van der Waals surface area contributed by atoms with Gasteiger partial charge in [-0.25, -0.2) is 0 Å². The Hall–Kier alpha value is -1.00. The summed E-state index contributed by atoms with van der Waals surface area (Å²) in [5.74, 6) is 2.60. The van der Waals surface area contributed by atoms with E-state index in [2.05, 4.69) is 4.99 Å². The molecular formula is C12H17NO2S. The highest BCUT2D eigenvalue weighted by Crippen LogP contribution is 2.09. The number of aliphatic hydroxyl groups excluding tert-OH is 1. The van der Waals surface area contributed by atoms with Crippen molar-refractivity contribution in [2.45, 2.75) is 0 Å². The van der Waals surface area contributed by atoms with Crippen molar-refractivity contribution >= 4 is 18.0 Å². The molecule has 1 N–H and O–H groups in total. The summed E-state index contributed by atoms with van der Waals surface area (Å²) in [4.78, 5) is 4.30. The zero-order valence-electron chi connectivity index (χ0n) is 9.43. The second-order valence-electron chi connectivity index (χ2n) is 3.14. The van der Waals surface area contributed by atoms with E-state index in [0.717, 1.165) is 29.4 Å². The van der Waals surface area contributed by atoms with Crippen molar-refractivity contribution < 1.29 is 9.84 Å². The summed E-state index contributed by atoms with van der Waals surface area (Å²) < 4.78 is 5.07. The third kappa shape index (κ3) is 5.19. The molecule has 1 aromatic carbocycles. The van der Waals surface area contributed by atoms with E-state index in [-0.39, 0.29) is 6.61 Å². The first-order valence-electron chi connectivity index (χ1n) is 5.19. The lowest BCUT2D eigenvalue weighted by Crippen LogP contribution is -1.92. The summed E-state index contributed by atoms with van der Waals surface area (Å²) in [5, 5.41) is 8.58. The third-order valence-electron chi connectivity index (χ3n) is 1.96. The summed E-state index contributed by atoms with van der Waals surface area (Å²) in [6, 6.07) is 7.79. The molecule has 0 unspecified atom stereocenters. The Morgan fingerprint density at radius 3 is 2.69 bits per heavy atom. The van der Waals surface area contributed by atoms with Crippen LogP contribution in [0.25, 0.3) is 0 Å². The number of benzene rings is 1. The van der Waals surface area contributed by atoms with E-state index in [0.29, 0.717) is 0 Å². The van der Waals surface area contributed by atoms with Crippen LogP contribution in [-0.2, 0) is 0 Å². The van der Waals surface area contributed by atoms with E-state index in [4.69, 9.17) is 9.84 Å². The topological polar surface area (TPSA) is 41.8 Å². The number of thioether (sulfide) groups is 1. The Labute approximate surface area is 101 Å². The Morgan fingerprint density at radius 1 is 1.31 bits per heavy atom. The molecule has 0 saturated heterocycles. The van der Waals surface area contributed by atoms with Crippen LogP contribution in [0.15, 0.2) is 29.3 Å². The van der Waals surface area contributed by atoms with E-state index in [1.54, 1.807) is 18.9 Å². The van der Waals surface area contributed by atoms with Gasteiger partial charge in [-0.15, -0.1) is 0 Å². The van der Waals surface area contributed by atoms with Gasteiger partial charge in [-0.1, -0.05) is 0 Å². The number of rotatable bonds is 7. The molecule has 0 bridgehead atoms. The zero-order chi connectivity index (χ0) is 11.6. The fourth-order valence-electron chi connectivity index (χ4n) is 1.14. The highest BCUT2D eigenvalue weighted by Gasteiger charge is 1.90. The van der Waals surface area contributed by atoms with E-state index in [1.807, 2.05) is 30.5 Å². The van der Waals surface area contributed by atoms with Crippen LogP contribution in [0.1, 0.15) is 5.56 Å². The quantitative estimate of drug-likeness (QED) is 0.583. The second-order valence-corrected chi connectivity index (χ2v) is 4.37. The molecule has 3 nitrogen and oxygen atoms in total. The number of ether oxygens (including phenoxy) is 1. The molecule has 88 valence electrons. The van der Waals surface area contributed by atoms with Crippen molar-refractivity contribution in [1.29, 1.82) is 0 Å². The van der Waals surface area contributed by atoms with Crippen molar-refractivity contribution in [2.24, 2.45) is 4.99 Å². The molecule has 0 heterocycles. The molecule has 0 radical (unpaired) electrons. The van der Waals surface area contributed by atoms with Gasteiger partial charge in [0.15, 0.2) is 0 Å². The first kappa shape index (κ1) is 13.1. The van der Waals surface area contributed by atoms with Crippen LogP contribution in [0.5, 0.6) is 5.75 Å². The molecule has 0 aromatic heterocycles. The van der Waals surface area contributed by atoms with Crippen molar-refractivity contribution in [3.8, 4) is 5.75 Å². The summed E-state index contributed by atoms with van der Waals surface area (Å²) in [5.41, 5.74) is 1.08. The lowest BCUT2D eigenvalue weighted by atomic mass is 10.2. The van der Waals surface area contributed by atoms with Gasteiger partial charge in [0, 0.05) is 24.3 Å². The lowest BCUT2D eigenvalue weighted by molar-refractivity contribution is 0.322. The largest absolute Gasteiger partial charge is 0.497 e. The smallest absolute Gasteiger partial charge is 0.118 e. The molecule has 0 aliphatic rings. The normalized spacial score (nSPS) is 10.9. The minimum Gasteiger partial charge on any atom is -0.497 e. The van der Waals surface area contributed by atoms with Gasteiger partial charge in [-0.05, 0) is 29.8 Å². The zero-order valence-corrected chi connectivity index (χ0v) is 10.2. The van der Waals surface area contributed by atoms with E-state index >= 15 is 0 Å². The second kappa shape index (κ2) is 8.19. The molecule has 4 heteroatoms. The molecule has 0 atom stereocenters. The summed E-state index contributed by atoms with van der Waals surface area (Å²) >= 11 is 1.71. The van der Waals surface area contributed by atoms with Crippen LogP contribution in [-0.4, -0.2) is 43.1 Å². The Balaban J connectivity index is 2.27. The molecule has 1 rings (SSSR count). The van der Waals surface area contributed by atoms with Crippen LogP contribution in [0.3, 0.4) is 0 Å².